The zero-order valence-corrected chi connectivity index (χ0v) is 12.8. The van der Waals surface area contributed by atoms with Gasteiger partial charge in [0.15, 0.2) is 0 Å². The lowest BCUT2D eigenvalue weighted by atomic mass is 9.97. The van der Waals surface area contributed by atoms with Crippen molar-refractivity contribution in [1.29, 1.82) is 0 Å². The normalized spacial score (nSPS) is 34.5. The molecule has 2 unspecified atom stereocenters. The monoisotopic (exact) mass is 300 g/mol. The second-order valence-corrected chi connectivity index (χ2v) is 7.99. The van der Waals surface area contributed by atoms with Gasteiger partial charge in [-0.05, 0) is 45.2 Å². The molecular formula is C14H24N2O3S. The summed E-state index contributed by atoms with van der Waals surface area (Å²) in [5.74, 6) is 0.426. The van der Waals surface area contributed by atoms with E-state index in [9.17, 15) is 8.42 Å². The molecule has 0 radical (unpaired) electrons. The lowest BCUT2D eigenvalue weighted by Gasteiger charge is -2.35. The molecule has 1 aliphatic carbocycles. The van der Waals surface area contributed by atoms with E-state index in [4.69, 9.17) is 4.74 Å². The molecule has 0 bridgehead atoms. The Balaban J connectivity index is 1.71. The van der Waals surface area contributed by atoms with E-state index in [0.29, 0.717) is 18.9 Å². The molecule has 0 spiro atoms. The average molecular weight is 300 g/mol. The second-order valence-electron chi connectivity index (χ2n) is 6.17. The van der Waals surface area contributed by atoms with Gasteiger partial charge >= 0.3 is 0 Å². The van der Waals surface area contributed by atoms with Crippen LogP contribution in [-0.2, 0) is 14.8 Å². The van der Waals surface area contributed by atoms with Crippen LogP contribution < -0.4 is 0 Å². The Bertz CT molecular complexity index is 467. The van der Waals surface area contributed by atoms with Crippen LogP contribution in [0, 0.1) is 0 Å². The largest absolute Gasteiger partial charge is 0.475 e. The van der Waals surface area contributed by atoms with Crippen LogP contribution in [-0.4, -0.2) is 50.2 Å². The van der Waals surface area contributed by atoms with E-state index in [1.165, 1.54) is 25.7 Å². The molecule has 2 aliphatic heterocycles. The maximum Gasteiger partial charge on any atom is 0.262 e. The van der Waals surface area contributed by atoms with Crippen molar-refractivity contribution < 1.29 is 13.2 Å². The molecule has 1 saturated carbocycles. The molecule has 0 aromatic carbocycles. The average Bonchev–Trinajstić information content (AvgIpc) is 2.67. The van der Waals surface area contributed by atoms with Crippen molar-refractivity contribution in [1.82, 2.24) is 4.90 Å². The van der Waals surface area contributed by atoms with Crippen molar-refractivity contribution in [3.8, 4) is 0 Å². The number of rotatable bonds is 2. The van der Waals surface area contributed by atoms with Gasteiger partial charge in [0, 0.05) is 0 Å². The molecule has 2 fully saturated rings. The first-order valence-electron chi connectivity index (χ1n) is 7.87. The van der Waals surface area contributed by atoms with E-state index in [2.05, 4.69) is 9.30 Å². The van der Waals surface area contributed by atoms with Crippen LogP contribution in [0.25, 0.3) is 0 Å². The quantitative estimate of drug-likeness (QED) is 0.782. The summed E-state index contributed by atoms with van der Waals surface area (Å²) in [4.78, 5) is 2.28. The molecule has 5 nitrogen and oxygen atoms in total. The summed E-state index contributed by atoms with van der Waals surface area (Å²) in [6, 6.07) is 0. The first-order chi connectivity index (χ1) is 9.65. The van der Waals surface area contributed by atoms with Gasteiger partial charge in [0.1, 0.15) is 11.4 Å². The summed E-state index contributed by atoms with van der Waals surface area (Å²) in [7, 11) is -3.36. The van der Waals surface area contributed by atoms with Gasteiger partial charge in [0.05, 0.1) is 6.54 Å². The molecule has 114 valence electrons. The third-order valence-electron chi connectivity index (χ3n) is 4.60. The number of ether oxygens (including phenoxy) is 1. The standard InChI is InChI=1S/C14H24N2O3S/c17-20(18)13-8-4-3-7-12(13)19-14(15-20)11-16-9-5-1-2-6-10-16/h12-13H,1-11H2. The zero-order valence-electron chi connectivity index (χ0n) is 12.0. The van der Waals surface area contributed by atoms with Gasteiger partial charge in [-0.2, -0.15) is 0 Å². The van der Waals surface area contributed by atoms with E-state index < -0.39 is 15.3 Å². The first kappa shape index (κ1) is 14.3. The SMILES string of the molecule is O=S1(=O)N=C(CN2CCCCCC2)OC2CCCCC21. The summed E-state index contributed by atoms with van der Waals surface area (Å²) in [5, 5.41) is -0.399. The second kappa shape index (κ2) is 6.02. The molecule has 1 saturated heterocycles. The number of nitrogens with zero attached hydrogens (tertiary/aromatic N) is 2. The minimum atomic E-state index is -3.36. The Hall–Kier alpha value is -0.620. The van der Waals surface area contributed by atoms with E-state index in [1.807, 2.05) is 0 Å². The fourth-order valence-electron chi connectivity index (χ4n) is 3.50. The third-order valence-corrected chi connectivity index (χ3v) is 6.36. The minimum absolute atomic E-state index is 0.159. The number of hydrogen-bond acceptors (Lipinski definition) is 4. The van der Waals surface area contributed by atoms with Gasteiger partial charge in [-0.25, -0.2) is 8.42 Å². The van der Waals surface area contributed by atoms with Gasteiger partial charge in [-0.3, -0.25) is 4.90 Å². The predicted octanol–water partition coefficient (Wildman–Crippen LogP) is 1.93. The number of likely N-dealkylation sites (tertiary alicyclic amines) is 1. The van der Waals surface area contributed by atoms with Crippen LogP contribution in [0.3, 0.4) is 0 Å². The molecule has 0 amide bonds. The summed E-state index contributed by atoms with van der Waals surface area (Å²) in [6.07, 6.45) is 8.34. The molecule has 0 aromatic heterocycles. The summed E-state index contributed by atoms with van der Waals surface area (Å²) in [5.41, 5.74) is 0. The molecule has 20 heavy (non-hydrogen) atoms. The van der Waals surface area contributed by atoms with E-state index in [1.54, 1.807) is 0 Å². The van der Waals surface area contributed by atoms with E-state index in [-0.39, 0.29) is 6.10 Å². The van der Waals surface area contributed by atoms with Crippen molar-refractivity contribution in [2.75, 3.05) is 19.6 Å². The number of sulfonamides is 1. The van der Waals surface area contributed by atoms with Crippen molar-refractivity contribution in [3.05, 3.63) is 0 Å². The Morgan fingerprint density at radius 3 is 2.50 bits per heavy atom. The van der Waals surface area contributed by atoms with E-state index in [0.717, 1.165) is 32.4 Å². The Morgan fingerprint density at radius 2 is 1.75 bits per heavy atom. The van der Waals surface area contributed by atoms with Crippen molar-refractivity contribution >= 4 is 15.9 Å². The van der Waals surface area contributed by atoms with Crippen LogP contribution in [0.4, 0.5) is 0 Å². The van der Waals surface area contributed by atoms with Gasteiger partial charge in [-0.1, -0.05) is 19.3 Å². The highest BCUT2D eigenvalue weighted by Crippen LogP contribution is 2.31. The molecule has 6 heteroatoms. The fraction of sp³-hybridized carbons (Fsp3) is 0.929. The fourth-order valence-corrected chi connectivity index (χ4v) is 5.06. The highest BCUT2D eigenvalue weighted by Gasteiger charge is 2.41. The number of fused-ring (bicyclic) bond motifs is 1. The zero-order chi connectivity index (χ0) is 14.0. The topological polar surface area (TPSA) is 59.0 Å². The predicted molar refractivity (Wildman–Crippen MR) is 78.4 cm³/mol. The van der Waals surface area contributed by atoms with Gasteiger partial charge in [0.25, 0.3) is 10.0 Å². The van der Waals surface area contributed by atoms with Gasteiger partial charge in [0.2, 0.25) is 5.90 Å². The smallest absolute Gasteiger partial charge is 0.262 e. The highest BCUT2D eigenvalue weighted by atomic mass is 32.2. The van der Waals surface area contributed by atoms with Crippen molar-refractivity contribution in [2.45, 2.75) is 62.7 Å². The molecule has 0 N–H and O–H groups in total. The summed E-state index contributed by atoms with van der Waals surface area (Å²) < 4.78 is 34.3. The van der Waals surface area contributed by atoms with Gasteiger partial charge in [-0.15, -0.1) is 4.40 Å². The molecule has 0 aromatic rings. The molecule has 2 heterocycles. The molecule has 3 rings (SSSR count). The lowest BCUT2D eigenvalue weighted by molar-refractivity contribution is 0.130. The minimum Gasteiger partial charge on any atom is -0.475 e. The third kappa shape index (κ3) is 3.17. The Morgan fingerprint density at radius 1 is 1.05 bits per heavy atom. The van der Waals surface area contributed by atoms with Crippen molar-refractivity contribution in [3.63, 3.8) is 0 Å². The maximum atomic E-state index is 12.2. The van der Waals surface area contributed by atoms with Crippen LogP contribution >= 0.6 is 0 Å². The lowest BCUT2D eigenvalue weighted by Crippen LogP contribution is -2.46. The first-order valence-corrected chi connectivity index (χ1v) is 9.37. The molecular weight excluding hydrogens is 276 g/mol. The Labute approximate surface area is 121 Å². The summed E-state index contributed by atoms with van der Waals surface area (Å²) >= 11 is 0. The number of hydrogen-bond donors (Lipinski definition) is 0. The van der Waals surface area contributed by atoms with Crippen LogP contribution in [0.5, 0.6) is 0 Å². The van der Waals surface area contributed by atoms with Crippen molar-refractivity contribution in [2.24, 2.45) is 4.40 Å². The molecule has 3 aliphatic rings. The summed E-state index contributed by atoms with van der Waals surface area (Å²) in [6.45, 7) is 2.61. The van der Waals surface area contributed by atoms with Crippen LogP contribution in [0.1, 0.15) is 51.4 Å². The maximum absolute atomic E-state index is 12.2. The molecule has 2 atom stereocenters. The van der Waals surface area contributed by atoms with Crippen LogP contribution in [0.15, 0.2) is 4.40 Å². The van der Waals surface area contributed by atoms with Gasteiger partial charge < -0.3 is 4.74 Å². The highest BCUT2D eigenvalue weighted by molar-refractivity contribution is 7.91. The Kier molecular flexibility index (Phi) is 4.31. The van der Waals surface area contributed by atoms with E-state index >= 15 is 0 Å². The van der Waals surface area contributed by atoms with Crippen LogP contribution in [0.2, 0.25) is 0 Å².